The van der Waals surface area contributed by atoms with Crippen LogP contribution >= 0.6 is 0 Å². The third-order valence-corrected chi connectivity index (χ3v) is 3.75. The Balaban J connectivity index is 2.07. The predicted octanol–water partition coefficient (Wildman–Crippen LogP) is 2.40. The van der Waals surface area contributed by atoms with Crippen molar-refractivity contribution in [2.24, 2.45) is 11.7 Å². The summed E-state index contributed by atoms with van der Waals surface area (Å²) in [5, 5.41) is 0. The van der Waals surface area contributed by atoms with Crippen molar-refractivity contribution in [2.75, 3.05) is 13.1 Å². The first kappa shape index (κ1) is 11.7. The molecule has 0 bridgehead atoms. The lowest BCUT2D eigenvalue weighted by atomic mass is 9.91. The van der Waals surface area contributed by atoms with Crippen LogP contribution in [0.2, 0.25) is 0 Å². The normalized spacial score (nSPS) is 29.2. The Hall–Kier alpha value is -0.800. The van der Waals surface area contributed by atoms with E-state index in [2.05, 4.69) is 24.8 Å². The van der Waals surface area contributed by atoms with Crippen LogP contribution < -0.4 is 5.73 Å². The van der Waals surface area contributed by atoms with E-state index >= 15 is 0 Å². The molecule has 3 nitrogen and oxygen atoms in total. The van der Waals surface area contributed by atoms with E-state index in [4.69, 9.17) is 10.2 Å². The first-order valence-corrected chi connectivity index (χ1v) is 6.21. The Labute approximate surface area is 97.6 Å². The predicted molar refractivity (Wildman–Crippen MR) is 65.1 cm³/mol. The maximum Gasteiger partial charge on any atom is 0.120 e. The minimum Gasteiger partial charge on any atom is -0.468 e. The number of furan rings is 1. The summed E-state index contributed by atoms with van der Waals surface area (Å²) >= 11 is 0. The highest BCUT2D eigenvalue weighted by Crippen LogP contribution is 2.30. The molecule has 0 radical (unpaired) electrons. The number of hydrogen-bond donors (Lipinski definition) is 1. The van der Waals surface area contributed by atoms with E-state index in [-0.39, 0.29) is 0 Å². The Kier molecular flexibility index (Phi) is 3.66. The lowest BCUT2D eigenvalue weighted by Crippen LogP contribution is -2.47. The van der Waals surface area contributed by atoms with Gasteiger partial charge < -0.3 is 10.2 Å². The van der Waals surface area contributed by atoms with Crippen molar-refractivity contribution in [1.29, 1.82) is 0 Å². The molecule has 1 aliphatic rings. The average molecular weight is 222 g/mol. The zero-order chi connectivity index (χ0) is 11.5. The van der Waals surface area contributed by atoms with Crippen molar-refractivity contribution in [3.63, 3.8) is 0 Å². The van der Waals surface area contributed by atoms with Gasteiger partial charge in [-0.05, 0) is 44.4 Å². The molecule has 2 heterocycles. The Morgan fingerprint density at radius 3 is 3.06 bits per heavy atom. The van der Waals surface area contributed by atoms with E-state index in [9.17, 15) is 0 Å². The SMILES string of the molecule is CC1CCN(C(C)c2ccco2)C(CN)C1. The molecule has 1 fully saturated rings. The second kappa shape index (κ2) is 5.02. The number of hydrogen-bond acceptors (Lipinski definition) is 3. The third-order valence-electron chi connectivity index (χ3n) is 3.75. The Morgan fingerprint density at radius 2 is 2.44 bits per heavy atom. The summed E-state index contributed by atoms with van der Waals surface area (Å²) in [6.07, 6.45) is 4.22. The van der Waals surface area contributed by atoms with Crippen molar-refractivity contribution in [1.82, 2.24) is 4.90 Å². The zero-order valence-electron chi connectivity index (χ0n) is 10.2. The van der Waals surface area contributed by atoms with E-state index < -0.39 is 0 Å². The third kappa shape index (κ3) is 2.30. The van der Waals surface area contributed by atoms with Crippen LogP contribution in [-0.2, 0) is 0 Å². The minimum absolute atomic E-state index is 0.344. The molecule has 2 rings (SSSR count). The van der Waals surface area contributed by atoms with Gasteiger partial charge in [0.2, 0.25) is 0 Å². The van der Waals surface area contributed by atoms with Crippen LogP contribution in [0.25, 0.3) is 0 Å². The molecule has 3 heteroatoms. The summed E-state index contributed by atoms with van der Waals surface area (Å²) in [4.78, 5) is 2.48. The molecule has 3 unspecified atom stereocenters. The van der Waals surface area contributed by atoms with Crippen LogP contribution in [-0.4, -0.2) is 24.0 Å². The Morgan fingerprint density at radius 1 is 1.62 bits per heavy atom. The van der Waals surface area contributed by atoms with E-state index in [0.717, 1.165) is 24.8 Å². The van der Waals surface area contributed by atoms with Gasteiger partial charge in [-0.3, -0.25) is 4.90 Å². The summed E-state index contributed by atoms with van der Waals surface area (Å²) in [6, 6.07) is 4.85. The van der Waals surface area contributed by atoms with Gasteiger partial charge in [0.05, 0.1) is 12.3 Å². The molecule has 0 aliphatic carbocycles. The largest absolute Gasteiger partial charge is 0.468 e. The number of nitrogens with zero attached hydrogens (tertiary/aromatic N) is 1. The van der Waals surface area contributed by atoms with Crippen molar-refractivity contribution >= 4 is 0 Å². The number of rotatable bonds is 3. The molecule has 1 aromatic heterocycles. The lowest BCUT2D eigenvalue weighted by molar-refractivity contribution is 0.0735. The topological polar surface area (TPSA) is 42.4 Å². The van der Waals surface area contributed by atoms with Gasteiger partial charge in [0.1, 0.15) is 5.76 Å². The van der Waals surface area contributed by atoms with Crippen molar-refractivity contribution in [3.05, 3.63) is 24.2 Å². The van der Waals surface area contributed by atoms with Gasteiger partial charge in [0, 0.05) is 12.6 Å². The summed E-state index contributed by atoms with van der Waals surface area (Å²) in [7, 11) is 0. The van der Waals surface area contributed by atoms with Crippen LogP contribution in [0.1, 0.15) is 38.5 Å². The van der Waals surface area contributed by atoms with E-state index in [1.165, 1.54) is 12.8 Å². The van der Waals surface area contributed by atoms with Gasteiger partial charge in [0.25, 0.3) is 0 Å². The number of nitrogens with two attached hydrogens (primary N) is 1. The van der Waals surface area contributed by atoms with Crippen molar-refractivity contribution in [2.45, 2.75) is 38.8 Å². The fourth-order valence-corrected chi connectivity index (χ4v) is 2.70. The molecule has 2 N–H and O–H groups in total. The molecule has 0 saturated carbocycles. The van der Waals surface area contributed by atoms with Crippen molar-refractivity contribution < 1.29 is 4.42 Å². The molecule has 1 aromatic rings. The van der Waals surface area contributed by atoms with Gasteiger partial charge in [-0.2, -0.15) is 0 Å². The summed E-state index contributed by atoms with van der Waals surface area (Å²) < 4.78 is 5.49. The zero-order valence-corrected chi connectivity index (χ0v) is 10.2. The van der Waals surface area contributed by atoms with Crippen LogP contribution in [0.3, 0.4) is 0 Å². The van der Waals surface area contributed by atoms with Gasteiger partial charge in [-0.25, -0.2) is 0 Å². The molecule has 16 heavy (non-hydrogen) atoms. The average Bonchev–Trinajstić information content (AvgIpc) is 2.81. The molecular formula is C13H22N2O. The standard InChI is InChI=1S/C13H22N2O/c1-10-5-6-15(12(8-10)9-14)11(2)13-4-3-7-16-13/h3-4,7,10-12H,5-6,8-9,14H2,1-2H3. The molecule has 0 spiro atoms. The molecule has 0 aromatic carbocycles. The fourth-order valence-electron chi connectivity index (χ4n) is 2.70. The fraction of sp³-hybridized carbons (Fsp3) is 0.692. The summed E-state index contributed by atoms with van der Waals surface area (Å²) in [5.74, 6) is 1.85. The van der Waals surface area contributed by atoms with Gasteiger partial charge in [-0.15, -0.1) is 0 Å². The van der Waals surface area contributed by atoms with Crippen LogP contribution in [0.4, 0.5) is 0 Å². The quantitative estimate of drug-likeness (QED) is 0.854. The molecule has 0 amide bonds. The van der Waals surface area contributed by atoms with Gasteiger partial charge in [-0.1, -0.05) is 6.92 Å². The molecular weight excluding hydrogens is 200 g/mol. The van der Waals surface area contributed by atoms with E-state index in [1.54, 1.807) is 6.26 Å². The molecule has 90 valence electrons. The smallest absolute Gasteiger partial charge is 0.120 e. The van der Waals surface area contributed by atoms with Crippen LogP contribution in [0.5, 0.6) is 0 Å². The highest BCUT2D eigenvalue weighted by atomic mass is 16.3. The van der Waals surface area contributed by atoms with Gasteiger partial charge in [0.15, 0.2) is 0 Å². The number of likely N-dealkylation sites (tertiary alicyclic amines) is 1. The Bertz CT molecular complexity index is 310. The summed E-state index contributed by atoms with van der Waals surface area (Å²) in [6.45, 7) is 6.40. The van der Waals surface area contributed by atoms with Crippen molar-refractivity contribution in [3.8, 4) is 0 Å². The van der Waals surface area contributed by atoms with E-state index in [0.29, 0.717) is 12.1 Å². The molecule has 3 atom stereocenters. The maximum atomic E-state index is 5.87. The van der Waals surface area contributed by atoms with Crippen LogP contribution in [0, 0.1) is 5.92 Å². The maximum absolute atomic E-state index is 5.87. The second-order valence-electron chi connectivity index (χ2n) is 4.95. The van der Waals surface area contributed by atoms with Crippen LogP contribution in [0.15, 0.2) is 22.8 Å². The first-order valence-electron chi connectivity index (χ1n) is 6.21. The summed E-state index contributed by atoms with van der Waals surface area (Å²) in [5.41, 5.74) is 5.87. The first-order chi connectivity index (χ1) is 7.72. The highest BCUT2D eigenvalue weighted by Gasteiger charge is 2.30. The lowest BCUT2D eigenvalue weighted by Gasteiger charge is -2.41. The highest BCUT2D eigenvalue weighted by molar-refractivity contribution is 5.05. The number of piperidine rings is 1. The van der Waals surface area contributed by atoms with Gasteiger partial charge >= 0.3 is 0 Å². The molecule has 1 saturated heterocycles. The van der Waals surface area contributed by atoms with E-state index in [1.807, 2.05) is 6.07 Å². The monoisotopic (exact) mass is 222 g/mol. The minimum atomic E-state index is 0.344. The second-order valence-corrected chi connectivity index (χ2v) is 4.95. The molecule has 1 aliphatic heterocycles.